The highest BCUT2D eigenvalue weighted by Gasteiger charge is 2.18. The molecule has 8 heteroatoms. The predicted octanol–water partition coefficient (Wildman–Crippen LogP) is 5.74. The number of aromatic nitrogens is 4. The topological polar surface area (TPSA) is 56.1 Å². The first-order chi connectivity index (χ1) is 16.8. The van der Waals surface area contributed by atoms with Crippen LogP contribution in [-0.4, -0.2) is 44.8 Å². The Morgan fingerprint density at radius 2 is 1.82 bits per heavy atom. The highest BCUT2D eigenvalue weighted by atomic mass is 32.2. The largest absolute Gasteiger partial charge is 0.497 e. The number of rotatable bonds is 9. The summed E-state index contributed by atoms with van der Waals surface area (Å²) in [7, 11) is 1.69. The summed E-state index contributed by atoms with van der Waals surface area (Å²) in [6.07, 6.45) is 3.88. The molecule has 0 unspecified atom stereocenters. The van der Waals surface area contributed by atoms with Gasteiger partial charge in [-0.05, 0) is 43.6 Å². The number of thioether (sulfide) groups is 1. The summed E-state index contributed by atoms with van der Waals surface area (Å²) in [5, 5.41) is 13.3. The first kappa shape index (κ1) is 23.1. The van der Waals surface area contributed by atoms with Gasteiger partial charge in [-0.3, -0.25) is 4.90 Å². The Labute approximate surface area is 209 Å². The summed E-state index contributed by atoms with van der Waals surface area (Å²) in [5.74, 6) is 2.65. The lowest BCUT2D eigenvalue weighted by Crippen LogP contribution is -2.30. The molecule has 176 valence electrons. The van der Waals surface area contributed by atoms with E-state index in [1.807, 2.05) is 18.2 Å². The molecule has 2 aromatic carbocycles. The van der Waals surface area contributed by atoms with Gasteiger partial charge in [0.15, 0.2) is 5.16 Å². The quantitative estimate of drug-likeness (QED) is 0.279. The molecular formula is C26H29N5OS2. The van der Waals surface area contributed by atoms with Crippen LogP contribution < -0.4 is 4.74 Å². The van der Waals surface area contributed by atoms with Gasteiger partial charge in [0, 0.05) is 16.7 Å². The van der Waals surface area contributed by atoms with E-state index in [1.54, 1.807) is 30.2 Å². The Morgan fingerprint density at radius 3 is 2.65 bits per heavy atom. The van der Waals surface area contributed by atoms with E-state index in [0.717, 1.165) is 64.9 Å². The number of likely N-dealkylation sites (tertiary alicyclic amines) is 1. The smallest absolute Gasteiger partial charge is 0.191 e. The second kappa shape index (κ2) is 11.2. The molecule has 0 amide bonds. The van der Waals surface area contributed by atoms with Crippen molar-refractivity contribution in [3.8, 4) is 16.3 Å². The molecule has 0 saturated carbocycles. The van der Waals surface area contributed by atoms with Crippen molar-refractivity contribution in [2.75, 3.05) is 20.2 Å². The van der Waals surface area contributed by atoms with Crippen LogP contribution in [-0.2, 0) is 18.8 Å². The Bertz CT molecular complexity index is 1200. The summed E-state index contributed by atoms with van der Waals surface area (Å²) in [4.78, 5) is 7.37. The summed E-state index contributed by atoms with van der Waals surface area (Å²) >= 11 is 3.37. The molecule has 0 spiro atoms. The van der Waals surface area contributed by atoms with Crippen molar-refractivity contribution in [2.24, 2.45) is 0 Å². The van der Waals surface area contributed by atoms with Crippen molar-refractivity contribution in [1.82, 2.24) is 24.6 Å². The van der Waals surface area contributed by atoms with Crippen LogP contribution in [0.4, 0.5) is 0 Å². The standard InChI is InChI=1S/C26H29N5OS2/c1-32-23-12-8-11-21(15-23)25-27-22(18-33-25)19-34-26-29-28-24(17-30-13-6-3-7-14-30)31(26)16-20-9-4-2-5-10-20/h2,4-5,8-12,15,18H,3,6-7,13-14,16-17,19H2,1H3. The molecule has 0 N–H and O–H groups in total. The number of hydrogen-bond donors (Lipinski definition) is 0. The fourth-order valence-corrected chi connectivity index (χ4v) is 5.96. The lowest BCUT2D eigenvalue weighted by molar-refractivity contribution is 0.213. The minimum atomic E-state index is 0.761. The van der Waals surface area contributed by atoms with E-state index in [0.29, 0.717) is 0 Å². The molecule has 1 saturated heterocycles. The van der Waals surface area contributed by atoms with Gasteiger partial charge in [-0.15, -0.1) is 21.5 Å². The summed E-state index contributed by atoms with van der Waals surface area (Å²) in [6.45, 7) is 3.93. The summed E-state index contributed by atoms with van der Waals surface area (Å²) in [5.41, 5.74) is 3.40. The van der Waals surface area contributed by atoms with Crippen LogP contribution in [0.1, 0.15) is 36.3 Å². The number of ether oxygens (including phenoxy) is 1. The number of benzene rings is 2. The van der Waals surface area contributed by atoms with Crippen LogP contribution in [0.25, 0.3) is 10.6 Å². The molecule has 0 aliphatic carbocycles. The Morgan fingerprint density at radius 1 is 0.971 bits per heavy atom. The lowest BCUT2D eigenvalue weighted by Gasteiger charge is -2.26. The van der Waals surface area contributed by atoms with E-state index in [2.05, 4.69) is 61.4 Å². The van der Waals surface area contributed by atoms with Crippen molar-refractivity contribution in [3.63, 3.8) is 0 Å². The van der Waals surface area contributed by atoms with Gasteiger partial charge in [0.1, 0.15) is 16.6 Å². The molecule has 2 aromatic heterocycles. The van der Waals surface area contributed by atoms with Gasteiger partial charge in [-0.2, -0.15) is 0 Å². The Balaban J connectivity index is 1.32. The van der Waals surface area contributed by atoms with Gasteiger partial charge in [0.25, 0.3) is 0 Å². The molecule has 1 fully saturated rings. The van der Waals surface area contributed by atoms with Crippen LogP contribution in [0.3, 0.4) is 0 Å². The van der Waals surface area contributed by atoms with E-state index in [4.69, 9.17) is 9.72 Å². The van der Waals surface area contributed by atoms with Crippen LogP contribution in [0, 0.1) is 0 Å². The molecular weight excluding hydrogens is 462 g/mol. The first-order valence-corrected chi connectivity index (χ1v) is 13.5. The van der Waals surface area contributed by atoms with E-state index in [-0.39, 0.29) is 0 Å². The van der Waals surface area contributed by atoms with E-state index >= 15 is 0 Å². The maximum atomic E-state index is 5.36. The summed E-state index contributed by atoms with van der Waals surface area (Å²) in [6, 6.07) is 18.6. The van der Waals surface area contributed by atoms with Crippen LogP contribution in [0.15, 0.2) is 65.1 Å². The third-order valence-electron chi connectivity index (χ3n) is 6.01. The van der Waals surface area contributed by atoms with Crippen molar-refractivity contribution in [3.05, 3.63) is 77.1 Å². The van der Waals surface area contributed by atoms with Crippen LogP contribution in [0.2, 0.25) is 0 Å². The predicted molar refractivity (Wildman–Crippen MR) is 138 cm³/mol. The zero-order valence-electron chi connectivity index (χ0n) is 19.4. The molecule has 6 nitrogen and oxygen atoms in total. The lowest BCUT2D eigenvalue weighted by atomic mass is 10.1. The fourth-order valence-electron chi connectivity index (χ4n) is 4.19. The molecule has 3 heterocycles. The molecule has 34 heavy (non-hydrogen) atoms. The van der Waals surface area contributed by atoms with Gasteiger partial charge in [0.05, 0.1) is 25.9 Å². The zero-order chi connectivity index (χ0) is 23.2. The second-order valence-corrected chi connectivity index (χ2v) is 10.3. The van der Waals surface area contributed by atoms with Gasteiger partial charge in [0.2, 0.25) is 0 Å². The third-order valence-corrected chi connectivity index (χ3v) is 7.95. The van der Waals surface area contributed by atoms with Crippen molar-refractivity contribution in [1.29, 1.82) is 0 Å². The van der Waals surface area contributed by atoms with Gasteiger partial charge in [-0.1, -0.05) is 60.6 Å². The van der Waals surface area contributed by atoms with Crippen molar-refractivity contribution in [2.45, 2.75) is 43.3 Å². The van der Waals surface area contributed by atoms with Crippen LogP contribution >= 0.6 is 23.1 Å². The van der Waals surface area contributed by atoms with E-state index in [1.165, 1.54) is 24.8 Å². The molecule has 1 aliphatic rings. The molecule has 0 atom stereocenters. The van der Waals surface area contributed by atoms with Gasteiger partial charge < -0.3 is 9.30 Å². The molecule has 4 aromatic rings. The van der Waals surface area contributed by atoms with Gasteiger partial charge in [-0.25, -0.2) is 4.98 Å². The zero-order valence-corrected chi connectivity index (χ0v) is 21.0. The Kier molecular flexibility index (Phi) is 7.58. The average molecular weight is 492 g/mol. The van der Waals surface area contributed by atoms with Crippen molar-refractivity contribution >= 4 is 23.1 Å². The molecule has 0 bridgehead atoms. The number of thiazole rings is 1. The first-order valence-electron chi connectivity index (χ1n) is 11.7. The number of methoxy groups -OCH3 is 1. The van der Waals surface area contributed by atoms with Gasteiger partial charge >= 0.3 is 0 Å². The maximum absolute atomic E-state index is 5.36. The number of hydrogen-bond acceptors (Lipinski definition) is 7. The molecule has 1 aliphatic heterocycles. The maximum Gasteiger partial charge on any atom is 0.191 e. The highest BCUT2D eigenvalue weighted by Crippen LogP contribution is 2.30. The monoisotopic (exact) mass is 491 g/mol. The second-order valence-electron chi connectivity index (χ2n) is 8.47. The number of piperidine rings is 1. The summed E-state index contributed by atoms with van der Waals surface area (Å²) < 4.78 is 7.64. The fraction of sp³-hybridized carbons (Fsp3) is 0.346. The van der Waals surface area contributed by atoms with Crippen molar-refractivity contribution < 1.29 is 4.74 Å². The van der Waals surface area contributed by atoms with E-state index in [9.17, 15) is 0 Å². The molecule has 0 radical (unpaired) electrons. The number of nitrogens with zero attached hydrogens (tertiary/aromatic N) is 5. The normalized spacial score (nSPS) is 14.4. The highest BCUT2D eigenvalue weighted by molar-refractivity contribution is 7.98. The SMILES string of the molecule is COc1cccc(-c2nc(CSc3nnc(CN4CCCCC4)n3Cc3ccccc3)cs2)c1. The van der Waals surface area contributed by atoms with E-state index < -0.39 is 0 Å². The Hall–Kier alpha value is -2.68. The third kappa shape index (κ3) is 5.68. The minimum absolute atomic E-state index is 0.761. The minimum Gasteiger partial charge on any atom is -0.497 e. The average Bonchev–Trinajstić information content (AvgIpc) is 3.51. The van der Waals surface area contributed by atoms with Crippen LogP contribution in [0.5, 0.6) is 5.75 Å². The molecule has 5 rings (SSSR count).